The number of aromatic nitrogens is 1. The molecule has 0 saturated carbocycles. The molecule has 0 bridgehead atoms. The fraction of sp³-hybridized carbons (Fsp3) is 0.167. The van der Waals surface area contributed by atoms with Crippen LogP contribution in [0.2, 0.25) is 5.02 Å². The van der Waals surface area contributed by atoms with Gasteiger partial charge in [-0.1, -0.05) is 65.4 Å². The molecule has 1 aliphatic heterocycles. The summed E-state index contributed by atoms with van der Waals surface area (Å²) < 4.78 is 14.9. The van der Waals surface area contributed by atoms with E-state index in [0.29, 0.717) is 38.0 Å². The molecule has 0 amide bonds. The largest absolute Gasteiger partial charge is 0.487 e. The molecule has 1 aliphatic rings. The molecule has 1 aromatic heterocycles. The number of nitrogens with zero attached hydrogens (tertiary/aromatic N) is 2. The molecule has 0 N–H and O–H groups in total. The highest BCUT2D eigenvalue weighted by Crippen LogP contribution is 2.36. The molecule has 3 aromatic carbocycles. The van der Waals surface area contributed by atoms with Crippen molar-refractivity contribution in [3.05, 3.63) is 128 Å². The van der Waals surface area contributed by atoms with Crippen LogP contribution in [0.15, 0.2) is 96.7 Å². The maximum atomic E-state index is 13.8. The molecule has 5 rings (SSSR count). The monoisotopic (exact) mass is 700 g/mol. The average molecular weight is 703 g/mol. The molecule has 204 valence electrons. The van der Waals surface area contributed by atoms with Gasteiger partial charge in [-0.2, -0.15) is 0 Å². The van der Waals surface area contributed by atoms with Gasteiger partial charge in [0.25, 0.3) is 5.56 Å². The number of fused-ring (bicyclic) bond motifs is 1. The maximum Gasteiger partial charge on any atom is 0.338 e. The minimum atomic E-state index is -0.693. The standard InChI is InChI=1S/C30H23Br2ClN2O4S/c1-3-38-29(37)25-17(2)34-30-35(26(25)20-9-11-21(33)12-10-20)28(36)24(40-30)15-19-13-22(31)27(23(32)14-19)39-16-18-7-5-4-6-8-18/h4-15,26H,3,16H2,1-2H3/b24-15+. The number of ether oxygens (including phenoxy) is 2. The highest BCUT2D eigenvalue weighted by molar-refractivity contribution is 9.11. The number of esters is 1. The smallest absolute Gasteiger partial charge is 0.338 e. The Labute approximate surface area is 256 Å². The van der Waals surface area contributed by atoms with Crippen molar-refractivity contribution in [1.82, 2.24) is 4.57 Å². The maximum absolute atomic E-state index is 13.8. The van der Waals surface area contributed by atoms with Gasteiger partial charge in [-0.15, -0.1) is 0 Å². The van der Waals surface area contributed by atoms with Crippen molar-refractivity contribution in [3.63, 3.8) is 0 Å². The first-order valence-corrected chi connectivity index (χ1v) is 15.2. The summed E-state index contributed by atoms with van der Waals surface area (Å²) in [5.41, 5.74) is 3.17. The number of halogens is 3. The Kier molecular flexibility index (Phi) is 8.75. The number of carbonyl (C=O) groups is 1. The number of hydrogen-bond donors (Lipinski definition) is 0. The highest BCUT2D eigenvalue weighted by atomic mass is 79.9. The molecule has 0 aliphatic carbocycles. The van der Waals surface area contributed by atoms with Crippen molar-refractivity contribution < 1.29 is 14.3 Å². The third-order valence-corrected chi connectivity index (χ3v) is 8.66. The molecule has 0 spiro atoms. The van der Waals surface area contributed by atoms with Crippen molar-refractivity contribution >= 4 is 66.8 Å². The summed E-state index contributed by atoms with van der Waals surface area (Å²) in [5.74, 6) is 0.164. The van der Waals surface area contributed by atoms with Gasteiger partial charge in [0.2, 0.25) is 0 Å². The summed E-state index contributed by atoms with van der Waals surface area (Å²) in [6.07, 6.45) is 1.81. The van der Waals surface area contributed by atoms with Gasteiger partial charge in [0.15, 0.2) is 4.80 Å². The van der Waals surface area contributed by atoms with E-state index in [9.17, 15) is 9.59 Å². The van der Waals surface area contributed by atoms with Crippen molar-refractivity contribution in [3.8, 4) is 5.75 Å². The van der Waals surface area contributed by atoms with Gasteiger partial charge in [-0.3, -0.25) is 9.36 Å². The first kappa shape index (κ1) is 28.5. The van der Waals surface area contributed by atoms with Gasteiger partial charge in [-0.05, 0) is 92.7 Å². The molecular weight excluding hydrogens is 680 g/mol. The van der Waals surface area contributed by atoms with Crippen LogP contribution in [-0.2, 0) is 16.1 Å². The molecule has 0 fully saturated rings. The Hall–Kier alpha value is -2.98. The third kappa shape index (κ3) is 5.88. The van der Waals surface area contributed by atoms with Gasteiger partial charge < -0.3 is 9.47 Å². The summed E-state index contributed by atoms with van der Waals surface area (Å²) in [4.78, 5) is 32.0. The van der Waals surface area contributed by atoms with Crippen LogP contribution in [0.5, 0.6) is 5.75 Å². The SMILES string of the molecule is CCOC(=O)C1=C(C)N=c2s/c(=C/c3cc(Br)c(OCc4ccccc4)c(Br)c3)c(=O)n2C1c1ccc(Cl)cc1. The fourth-order valence-electron chi connectivity index (χ4n) is 4.43. The van der Waals surface area contributed by atoms with E-state index in [4.69, 9.17) is 21.1 Å². The third-order valence-electron chi connectivity index (χ3n) is 6.25. The zero-order valence-electron chi connectivity index (χ0n) is 21.5. The van der Waals surface area contributed by atoms with E-state index in [-0.39, 0.29) is 12.2 Å². The lowest BCUT2D eigenvalue weighted by Gasteiger charge is -2.24. The summed E-state index contributed by atoms with van der Waals surface area (Å²) in [6.45, 7) is 4.13. The Morgan fingerprint density at radius 1 is 1.10 bits per heavy atom. The van der Waals surface area contributed by atoms with E-state index in [1.54, 1.807) is 30.5 Å². The minimum Gasteiger partial charge on any atom is -0.487 e. The molecule has 40 heavy (non-hydrogen) atoms. The molecule has 2 heterocycles. The van der Waals surface area contributed by atoms with E-state index in [1.165, 1.54) is 11.3 Å². The van der Waals surface area contributed by atoms with Crippen molar-refractivity contribution in [2.45, 2.75) is 26.5 Å². The van der Waals surface area contributed by atoms with Crippen LogP contribution in [0.4, 0.5) is 0 Å². The summed E-state index contributed by atoms with van der Waals surface area (Å²) in [5, 5.41) is 0.557. The zero-order chi connectivity index (χ0) is 28.4. The Morgan fingerprint density at radius 3 is 2.42 bits per heavy atom. The summed E-state index contributed by atoms with van der Waals surface area (Å²) >= 11 is 14.6. The van der Waals surface area contributed by atoms with Crippen LogP contribution in [0.3, 0.4) is 0 Å². The van der Waals surface area contributed by atoms with Crippen molar-refractivity contribution in [2.24, 2.45) is 4.99 Å². The van der Waals surface area contributed by atoms with Crippen molar-refractivity contribution in [2.75, 3.05) is 6.61 Å². The molecule has 0 saturated heterocycles. The number of rotatable bonds is 7. The minimum absolute atomic E-state index is 0.211. The predicted molar refractivity (Wildman–Crippen MR) is 164 cm³/mol. The van der Waals surface area contributed by atoms with E-state index in [2.05, 4.69) is 36.9 Å². The number of benzene rings is 3. The van der Waals surface area contributed by atoms with Crippen LogP contribution < -0.4 is 19.6 Å². The number of hydrogen-bond acceptors (Lipinski definition) is 6. The van der Waals surface area contributed by atoms with Crippen LogP contribution in [0.25, 0.3) is 6.08 Å². The van der Waals surface area contributed by atoms with E-state index >= 15 is 0 Å². The summed E-state index contributed by atoms with van der Waals surface area (Å²) in [7, 11) is 0. The van der Waals surface area contributed by atoms with E-state index < -0.39 is 12.0 Å². The normalized spacial score (nSPS) is 15.0. The van der Waals surface area contributed by atoms with Gasteiger partial charge in [-0.25, -0.2) is 9.79 Å². The lowest BCUT2D eigenvalue weighted by molar-refractivity contribution is -0.139. The first-order valence-electron chi connectivity index (χ1n) is 12.4. The Bertz CT molecular complexity index is 1780. The summed E-state index contributed by atoms with van der Waals surface area (Å²) in [6, 6.07) is 20.1. The van der Waals surface area contributed by atoms with Gasteiger partial charge in [0.1, 0.15) is 12.4 Å². The molecule has 0 radical (unpaired) electrons. The van der Waals surface area contributed by atoms with Gasteiger partial charge in [0, 0.05) is 5.02 Å². The molecule has 1 unspecified atom stereocenters. The predicted octanol–water partition coefficient (Wildman–Crippen LogP) is 6.56. The molecule has 6 nitrogen and oxygen atoms in total. The molecule has 10 heteroatoms. The second-order valence-electron chi connectivity index (χ2n) is 8.94. The fourth-order valence-corrected chi connectivity index (χ4v) is 7.06. The quantitative estimate of drug-likeness (QED) is 0.205. The van der Waals surface area contributed by atoms with E-state index in [0.717, 1.165) is 25.6 Å². The molecule has 4 aromatic rings. The number of allylic oxidation sites excluding steroid dienone is 1. The van der Waals surface area contributed by atoms with Gasteiger partial charge >= 0.3 is 5.97 Å². The van der Waals surface area contributed by atoms with E-state index in [1.807, 2.05) is 60.7 Å². The lowest BCUT2D eigenvalue weighted by atomic mass is 9.96. The van der Waals surface area contributed by atoms with Crippen molar-refractivity contribution in [1.29, 1.82) is 0 Å². The van der Waals surface area contributed by atoms with Crippen LogP contribution in [0, 0.1) is 0 Å². The van der Waals surface area contributed by atoms with Gasteiger partial charge in [0.05, 0.1) is 37.4 Å². The second-order valence-corrected chi connectivity index (χ2v) is 12.1. The Balaban J connectivity index is 1.56. The number of carbonyl (C=O) groups excluding carboxylic acids is 1. The van der Waals surface area contributed by atoms with Crippen LogP contribution in [0.1, 0.15) is 36.6 Å². The first-order chi connectivity index (χ1) is 19.3. The Morgan fingerprint density at radius 2 is 1.77 bits per heavy atom. The molecule has 1 atom stereocenters. The highest BCUT2D eigenvalue weighted by Gasteiger charge is 2.33. The lowest BCUT2D eigenvalue weighted by Crippen LogP contribution is -2.39. The average Bonchev–Trinajstić information content (AvgIpc) is 3.22. The topological polar surface area (TPSA) is 69.9 Å². The zero-order valence-corrected chi connectivity index (χ0v) is 26.2. The number of thiazole rings is 1. The second kappa shape index (κ2) is 12.3. The molecular formula is C30H23Br2ClN2O4S. The van der Waals surface area contributed by atoms with Crippen LogP contribution in [-0.4, -0.2) is 17.1 Å². The van der Waals surface area contributed by atoms with Crippen LogP contribution >= 0.6 is 54.8 Å².